The molecule has 1 aromatic carbocycles. The van der Waals surface area contributed by atoms with Gasteiger partial charge in [0.05, 0.1) is 0 Å². The van der Waals surface area contributed by atoms with E-state index in [0.29, 0.717) is 5.56 Å². The van der Waals surface area contributed by atoms with E-state index in [1.165, 1.54) is 6.07 Å². The molecule has 0 spiro atoms. The lowest BCUT2D eigenvalue weighted by atomic mass is 10.2. The van der Waals surface area contributed by atoms with E-state index in [9.17, 15) is 8.78 Å². The fraction of sp³-hybridized carbons (Fsp3) is 0.333. The van der Waals surface area contributed by atoms with Crippen molar-refractivity contribution in [3.05, 3.63) is 41.5 Å². The van der Waals surface area contributed by atoms with Crippen molar-refractivity contribution in [3.8, 4) is 0 Å². The van der Waals surface area contributed by atoms with Gasteiger partial charge in [-0.25, -0.2) is 8.78 Å². The van der Waals surface area contributed by atoms with Gasteiger partial charge in [-0.2, -0.15) is 0 Å². The summed E-state index contributed by atoms with van der Waals surface area (Å²) in [7, 11) is 0. The molecule has 0 fully saturated rings. The molecule has 0 aliphatic rings. The maximum absolute atomic E-state index is 13.1. The first-order valence-corrected chi connectivity index (χ1v) is 5.06. The van der Waals surface area contributed by atoms with Crippen LogP contribution in [0.2, 0.25) is 0 Å². The van der Waals surface area contributed by atoms with Crippen LogP contribution in [0, 0.1) is 11.6 Å². The fourth-order valence-electron chi connectivity index (χ4n) is 1.21. The van der Waals surface area contributed by atoms with Gasteiger partial charge in [-0.15, -0.1) is 0 Å². The Morgan fingerprint density at radius 3 is 2.87 bits per heavy atom. The summed E-state index contributed by atoms with van der Waals surface area (Å²) in [5.41, 5.74) is 0.298. The second-order valence-electron chi connectivity index (χ2n) is 3.21. The normalized spacial score (nSPS) is 11.1. The number of halogens is 2. The lowest BCUT2D eigenvalue weighted by Crippen LogP contribution is -2.12. The van der Waals surface area contributed by atoms with Crippen LogP contribution >= 0.6 is 0 Å². The molecule has 0 heterocycles. The fourth-order valence-corrected chi connectivity index (χ4v) is 1.21. The highest BCUT2D eigenvalue weighted by atomic mass is 19.1. The van der Waals surface area contributed by atoms with E-state index in [1.807, 2.05) is 13.0 Å². The molecule has 82 valence electrons. The molecule has 0 radical (unpaired) electrons. The second kappa shape index (κ2) is 6.30. The number of hydrogen-bond donors (Lipinski definition) is 1. The van der Waals surface area contributed by atoms with Crippen LogP contribution in [0.5, 0.6) is 0 Å². The summed E-state index contributed by atoms with van der Waals surface area (Å²) in [6.45, 7) is 3.79. The molecule has 1 rings (SSSR count). The van der Waals surface area contributed by atoms with Crippen molar-refractivity contribution in [2.75, 3.05) is 13.1 Å². The molecule has 0 saturated carbocycles. The Kier molecular flexibility index (Phi) is 4.98. The molecule has 1 N–H and O–H groups in total. The molecule has 0 aliphatic carbocycles. The van der Waals surface area contributed by atoms with Gasteiger partial charge >= 0.3 is 0 Å². The van der Waals surface area contributed by atoms with Crippen molar-refractivity contribution in [2.24, 2.45) is 0 Å². The van der Waals surface area contributed by atoms with E-state index < -0.39 is 11.6 Å². The molecule has 15 heavy (non-hydrogen) atoms. The van der Waals surface area contributed by atoms with Crippen LogP contribution in [0.1, 0.15) is 18.9 Å². The van der Waals surface area contributed by atoms with Crippen LogP contribution in [0.4, 0.5) is 8.78 Å². The van der Waals surface area contributed by atoms with E-state index in [0.717, 1.165) is 31.6 Å². The molecular formula is C12H15F2N. The van der Waals surface area contributed by atoms with Crippen LogP contribution < -0.4 is 5.32 Å². The molecule has 0 unspecified atom stereocenters. The summed E-state index contributed by atoms with van der Waals surface area (Å²) in [5, 5.41) is 3.14. The quantitative estimate of drug-likeness (QED) is 0.738. The average Bonchev–Trinajstić information content (AvgIpc) is 2.23. The first-order valence-electron chi connectivity index (χ1n) is 5.06. The summed E-state index contributed by atoms with van der Waals surface area (Å²) >= 11 is 0. The standard InChI is InChI=1S/C12H15F2N/c1-2-15-8-4-3-5-10-9-11(13)6-7-12(10)14/h3,5-7,9,15H,2,4,8H2,1H3. The lowest BCUT2D eigenvalue weighted by Gasteiger charge is -1.98. The van der Waals surface area contributed by atoms with E-state index in [1.54, 1.807) is 6.08 Å². The van der Waals surface area contributed by atoms with Crippen LogP contribution in [-0.4, -0.2) is 13.1 Å². The van der Waals surface area contributed by atoms with Gasteiger partial charge in [0.2, 0.25) is 0 Å². The molecule has 0 bridgehead atoms. The maximum Gasteiger partial charge on any atom is 0.130 e. The maximum atomic E-state index is 13.1. The predicted octanol–water partition coefficient (Wildman–Crippen LogP) is 2.98. The van der Waals surface area contributed by atoms with Crippen molar-refractivity contribution < 1.29 is 8.78 Å². The molecule has 0 saturated heterocycles. The van der Waals surface area contributed by atoms with Crippen molar-refractivity contribution in [1.29, 1.82) is 0 Å². The number of rotatable bonds is 5. The Bertz CT molecular complexity index is 334. The zero-order valence-corrected chi connectivity index (χ0v) is 8.76. The summed E-state index contributed by atoms with van der Waals surface area (Å²) in [6, 6.07) is 3.45. The Morgan fingerprint density at radius 2 is 2.13 bits per heavy atom. The van der Waals surface area contributed by atoms with Crippen molar-refractivity contribution in [2.45, 2.75) is 13.3 Å². The average molecular weight is 211 g/mol. The first-order chi connectivity index (χ1) is 7.24. The molecular weight excluding hydrogens is 196 g/mol. The zero-order valence-electron chi connectivity index (χ0n) is 8.76. The highest BCUT2D eigenvalue weighted by Crippen LogP contribution is 2.11. The third-order valence-electron chi connectivity index (χ3n) is 1.99. The third-order valence-corrected chi connectivity index (χ3v) is 1.99. The minimum absolute atomic E-state index is 0.298. The van der Waals surface area contributed by atoms with E-state index in [4.69, 9.17) is 0 Å². The van der Waals surface area contributed by atoms with Gasteiger partial charge < -0.3 is 5.32 Å². The minimum Gasteiger partial charge on any atom is -0.317 e. The zero-order chi connectivity index (χ0) is 11.1. The van der Waals surface area contributed by atoms with Crippen LogP contribution in [0.3, 0.4) is 0 Å². The summed E-state index contributed by atoms with van der Waals surface area (Å²) < 4.78 is 25.9. The molecule has 0 amide bonds. The molecule has 0 atom stereocenters. The molecule has 1 nitrogen and oxygen atoms in total. The minimum atomic E-state index is -0.414. The molecule has 0 aliphatic heterocycles. The first kappa shape index (κ1) is 11.9. The summed E-state index contributed by atoms with van der Waals surface area (Å²) in [5.74, 6) is -0.807. The Labute approximate surface area is 88.8 Å². The van der Waals surface area contributed by atoms with Crippen molar-refractivity contribution in [3.63, 3.8) is 0 Å². The van der Waals surface area contributed by atoms with Gasteiger partial charge in [-0.3, -0.25) is 0 Å². The highest BCUT2D eigenvalue weighted by molar-refractivity contribution is 5.49. The summed E-state index contributed by atoms with van der Waals surface area (Å²) in [6.07, 6.45) is 4.25. The van der Waals surface area contributed by atoms with Crippen LogP contribution in [0.25, 0.3) is 6.08 Å². The van der Waals surface area contributed by atoms with E-state index in [-0.39, 0.29) is 0 Å². The van der Waals surface area contributed by atoms with Crippen LogP contribution in [0.15, 0.2) is 24.3 Å². The Morgan fingerprint density at radius 1 is 1.33 bits per heavy atom. The molecule has 1 aromatic rings. The number of nitrogens with one attached hydrogen (secondary N) is 1. The van der Waals surface area contributed by atoms with Gasteiger partial charge in [-0.05, 0) is 37.7 Å². The summed E-state index contributed by atoms with van der Waals surface area (Å²) in [4.78, 5) is 0. The third kappa shape index (κ3) is 4.21. The van der Waals surface area contributed by atoms with E-state index in [2.05, 4.69) is 5.32 Å². The monoisotopic (exact) mass is 211 g/mol. The predicted molar refractivity (Wildman–Crippen MR) is 58.6 cm³/mol. The van der Waals surface area contributed by atoms with Gasteiger partial charge in [0.15, 0.2) is 0 Å². The SMILES string of the molecule is CCNCCC=Cc1cc(F)ccc1F. The smallest absolute Gasteiger partial charge is 0.130 e. The Balaban J connectivity index is 2.52. The van der Waals surface area contributed by atoms with Crippen molar-refractivity contribution in [1.82, 2.24) is 5.32 Å². The van der Waals surface area contributed by atoms with Gasteiger partial charge in [-0.1, -0.05) is 19.1 Å². The second-order valence-corrected chi connectivity index (χ2v) is 3.21. The van der Waals surface area contributed by atoms with E-state index >= 15 is 0 Å². The van der Waals surface area contributed by atoms with Crippen molar-refractivity contribution >= 4 is 6.08 Å². The topological polar surface area (TPSA) is 12.0 Å². The lowest BCUT2D eigenvalue weighted by molar-refractivity contribution is 0.598. The highest BCUT2D eigenvalue weighted by Gasteiger charge is 1.99. The van der Waals surface area contributed by atoms with Gasteiger partial charge in [0.25, 0.3) is 0 Å². The van der Waals surface area contributed by atoms with Crippen LogP contribution in [-0.2, 0) is 0 Å². The largest absolute Gasteiger partial charge is 0.317 e. The number of hydrogen-bond acceptors (Lipinski definition) is 1. The molecule has 0 aromatic heterocycles. The molecule has 3 heteroatoms. The Hall–Kier alpha value is -1.22. The number of benzene rings is 1. The van der Waals surface area contributed by atoms with Gasteiger partial charge in [0.1, 0.15) is 11.6 Å². The van der Waals surface area contributed by atoms with Gasteiger partial charge in [0, 0.05) is 5.56 Å².